The van der Waals surface area contributed by atoms with Crippen LogP contribution in [0.25, 0.3) is 0 Å². The maximum atomic E-state index is 13.7. The molecule has 0 radical (unpaired) electrons. The van der Waals surface area contributed by atoms with Gasteiger partial charge in [0.2, 0.25) is 10.5 Å². The fourth-order valence-corrected chi connectivity index (χ4v) is 1.62. The Labute approximate surface area is 99.7 Å². The molecule has 6 heteroatoms. The van der Waals surface area contributed by atoms with E-state index in [4.69, 9.17) is 0 Å². The lowest BCUT2D eigenvalue weighted by Gasteiger charge is -2.27. The number of alkyl halides is 2. The molecule has 1 amide bonds. The number of hydrogen-bond donors (Lipinski definition) is 1. The molecule has 2 unspecified atom stereocenters. The standard InChI is InChI=1S/C10H10BrF2NO2/c1-6(15)5-9(16)14-8-4-2-3-7(12)10(8,11)13/h2-4,8H,5H2,1H3,(H,14,16). The highest BCUT2D eigenvalue weighted by Crippen LogP contribution is 2.36. The van der Waals surface area contributed by atoms with Crippen LogP contribution in [0.3, 0.4) is 0 Å². The van der Waals surface area contributed by atoms with E-state index in [9.17, 15) is 18.4 Å². The van der Waals surface area contributed by atoms with Crippen molar-refractivity contribution in [3.8, 4) is 0 Å². The van der Waals surface area contributed by atoms with Crippen LogP contribution in [-0.2, 0) is 9.59 Å². The molecule has 0 heterocycles. The summed E-state index contributed by atoms with van der Waals surface area (Å²) in [7, 11) is 0. The number of nitrogens with one attached hydrogen (secondary N) is 1. The zero-order chi connectivity index (χ0) is 12.3. The van der Waals surface area contributed by atoms with E-state index in [0.717, 1.165) is 6.08 Å². The van der Waals surface area contributed by atoms with Gasteiger partial charge in [0.05, 0.1) is 12.5 Å². The number of carbonyl (C=O) groups is 2. The molecule has 0 bridgehead atoms. The van der Waals surface area contributed by atoms with Gasteiger partial charge < -0.3 is 5.32 Å². The maximum absolute atomic E-state index is 13.7. The molecule has 0 saturated carbocycles. The second-order valence-electron chi connectivity index (χ2n) is 3.45. The first-order chi connectivity index (χ1) is 7.34. The molecule has 0 aromatic heterocycles. The van der Waals surface area contributed by atoms with Gasteiger partial charge in [0.25, 0.3) is 0 Å². The molecule has 0 saturated heterocycles. The number of ketones is 1. The number of carbonyl (C=O) groups excluding carboxylic acids is 2. The highest BCUT2D eigenvalue weighted by atomic mass is 79.9. The molecule has 16 heavy (non-hydrogen) atoms. The van der Waals surface area contributed by atoms with Crippen molar-refractivity contribution < 1.29 is 18.4 Å². The normalized spacial score (nSPS) is 28.5. The molecule has 0 aromatic carbocycles. The molecule has 88 valence electrons. The first-order valence-corrected chi connectivity index (χ1v) is 5.34. The molecule has 0 aliphatic heterocycles. The third-order valence-corrected chi connectivity index (χ3v) is 2.85. The summed E-state index contributed by atoms with van der Waals surface area (Å²) in [5.41, 5.74) is 0. The van der Waals surface area contributed by atoms with Gasteiger partial charge in [-0.2, -0.15) is 0 Å². The SMILES string of the molecule is CC(=O)CC(=O)NC1C=CC=C(F)C1(F)Br. The Hall–Kier alpha value is -1.04. The molecular weight excluding hydrogens is 284 g/mol. The summed E-state index contributed by atoms with van der Waals surface area (Å²) >= 11 is 2.56. The smallest absolute Gasteiger partial charge is 0.239 e. The Morgan fingerprint density at radius 2 is 2.25 bits per heavy atom. The second kappa shape index (κ2) is 4.86. The van der Waals surface area contributed by atoms with Crippen molar-refractivity contribution in [3.05, 3.63) is 24.1 Å². The van der Waals surface area contributed by atoms with E-state index in [1.54, 1.807) is 0 Å². The Balaban J connectivity index is 2.69. The van der Waals surface area contributed by atoms with Crippen molar-refractivity contribution in [1.82, 2.24) is 5.32 Å². The molecule has 1 N–H and O–H groups in total. The number of halogens is 3. The highest BCUT2D eigenvalue weighted by Gasteiger charge is 2.42. The van der Waals surface area contributed by atoms with Crippen molar-refractivity contribution in [2.45, 2.75) is 24.0 Å². The topological polar surface area (TPSA) is 46.2 Å². The molecule has 3 nitrogen and oxygen atoms in total. The molecular formula is C10H10BrF2NO2. The third-order valence-electron chi connectivity index (χ3n) is 1.98. The second-order valence-corrected chi connectivity index (χ2v) is 4.60. The van der Waals surface area contributed by atoms with E-state index < -0.39 is 22.4 Å². The van der Waals surface area contributed by atoms with Crippen LogP contribution in [0.4, 0.5) is 8.78 Å². The van der Waals surface area contributed by atoms with Crippen LogP contribution >= 0.6 is 15.9 Å². The number of Topliss-reactive ketones (excluding diaryl/α,β-unsaturated/α-hetero) is 1. The average Bonchev–Trinajstić information content (AvgIpc) is 2.12. The highest BCUT2D eigenvalue weighted by molar-refractivity contribution is 9.10. The Morgan fingerprint density at radius 1 is 1.62 bits per heavy atom. The van der Waals surface area contributed by atoms with Crippen molar-refractivity contribution in [2.24, 2.45) is 0 Å². The summed E-state index contributed by atoms with van der Waals surface area (Å²) in [6.07, 6.45) is 3.21. The summed E-state index contributed by atoms with van der Waals surface area (Å²) in [5, 5.41) is 2.22. The van der Waals surface area contributed by atoms with Crippen molar-refractivity contribution in [1.29, 1.82) is 0 Å². The minimum Gasteiger partial charge on any atom is -0.345 e. The Kier molecular flexibility index (Phi) is 3.96. The van der Waals surface area contributed by atoms with Crippen LogP contribution < -0.4 is 5.32 Å². The summed E-state index contributed by atoms with van der Waals surface area (Å²) in [4.78, 5) is 21.9. The van der Waals surface area contributed by atoms with Gasteiger partial charge in [0.1, 0.15) is 5.78 Å². The first-order valence-electron chi connectivity index (χ1n) is 4.55. The average molecular weight is 294 g/mol. The molecule has 0 fully saturated rings. The van der Waals surface area contributed by atoms with Crippen LogP contribution in [-0.4, -0.2) is 22.3 Å². The molecule has 2 atom stereocenters. The van der Waals surface area contributed by atoms with E-state index in [0.29, 0.717) is 0 Å². The summed E-state index contributed by atoms with van der Waals surface area (Å²) in [6, 6.07) is -1.16. The molecule has 1 aliphatic carbocycles. The number of allylic oxidation sites excluding steroid dienone is 2. The lowest BCUT2D eigenvalue weighted by molar-refractivity contribution is -0.127. The van der Waals surface area contributed by atoms with Gasteiger partial charge in [-0.3, -0.25) is 9.59 Å². The van der Waals surface area contributed by atoms with Crippen LogP contribution in [0.15, 0.2) is 24.1 Å². The summed E-state index contributed by atoms with van der Waals surface area (Å²) in [5.74, 6) is -2.01. The fourth-order valence-electron chi connectivity index (χ4n) is 1.22. The monoisotopic (exact) mass is 293 g/mol. The van der Waals surface area contributed by atoms with Crippen molar-refractivity contribution in [3.63, 3.8) is 0 Å². The van der Waals surface area contributed by atoms with Gasteiger partial charge in [0, 0.05) is 0 Å². The van der Waals surface area contributed by atoms with E-state index in [1.807, 2.05) is 0 Å². The van der Waals surface area contributed by atoms with Crippen molar-refractivity contribution in [2.75, 3.05) is 0 Å². The first kappa shape index (κ1) is 13.0. The van der Waals surface area contributed by atoms with Gasteiger partial charge >= 0.3 is 0 Å². The van der Waals surface area contributed by atoms with E-state index in [1.165, 1.54) is 19.1 Å². The Morgan fingerprint density at radius 3 is 2.81 bits per heavy atom. The predicted molar refractivity (Wildman–Crippen MR) is 58.3 cm³/mol. The van der Waals surface area contributed by atoms with Gasteiger partial charge in [0.15, 0.2) is 5.83 Å². The summed E-state index contributed by atoms with van der Waals surface area (Å²) < 4.78 is 24.4. The minimum absolute atomic E-state index is 0.340. The van der Waals surface area contributed by atoms with E-state index in [-0.39, 0.29) is 12.2 Å². The van der Waals surface area contributed by atoms with Gasteiger partial charge in [-0.05, 0) is 28.9 Å². The third kappa shape index (κ3) is 2.98. The largest absolute Gasteiger partial charge is 0.345 e. The van der Waals surface area contributed by atoms with Crippen LogP contribution in [0.5, 0.6) is 0 Å². The lowest BCUT2D eigenvalue weighted by atomic mass is 10.1. The minimum atomic E-state index is -2.45. The zero-order valence-corrected chi connectivity index (χ0v) is 10.1. The predicted octanol–water partition coefficient (Wildman–Crippen LogP) is 1.93. The fraction of sp³-hybridized carbons (Fsp3) is 0.400. The van der Waals surface area contributed by atoms with Gasteiger partial charge in [-0.15, -0.1) is 0 Å². The zero-order valence-electron chi connectivity index (χ0n) is 8.47. The van der Waals surface area contributed by atoms with Crippen molar-refractivity contribution >= 4 is 27.6 Å². The molecule has 0 aromatic rings. The number of amides is 1. The molecule has 1 aliphatic rings. The lowest BCUT2D eigenvalue weighted by Crippen LogP contribution is -2.47. The van der Waals surface area contributed by atoms with Crippen LogP contribution in [0.1, 0.15) is 13.3 Å². The molecule has 0 spiro atoms. The number of rotatable bonds is 3. The maximum Gasteiger partial charge on any atom is 0.239 e. The van der Waals surface area contributed by atoms with E-state index in [2.05, 4.69) is 21.2 Å². The Bertz CT molecular complexity index is 377. The van der Waals surface area contributed by atoms with Crippen LogP contribution in [0.2, 0.25) is 0 Å². The van der Waals surface area contributed by atoms with Crippen LogP contribution in [0, 0.1) is 0 Å². The molecule has 1 rings (SSSR count). The quantitative estimate of drug-likeness (QED) is 0.638. The van der Waals surface area contributed by atoms with E-state index >= 15 is 0 Å². The van der Waals surface area contributed by atoms with Gasteiger partial charge in [-0.1, -0.05) is 12.2 Å². The number of hydrogen-bond acceptors (Lipinski definition) is 2. The van der Waals surface area contributed by atoms with Gasteiger partial charge in [-0.25, -0.2) is 8.78 Å². The summed E-state index contributed by atoms with van der Waals surface area (Å²) in [6.45, 7) is 1.24.